The van der Waals surface area contributed by atoms with Gasteiger partial charge in [-0.15, -0.1) is 0 Å². The first-order valence-electron chi connectivity index (χ1n) is 6.44. The quantitative estimate of drug-likeness (QED) is 0.861. The van der Waals surface area contributed by atoms with E-state index in [1.165, 1.54) is 0 Å². The summed E-state index contributed by atoms with van der Waals surface area (Å²) in [6.07, 6.45) is 2.40. The molecule has 7 nitrogen and oxygen atoms in total. The highest BCUT2D eigenvalue weighted by atomic mass is 16.6. The van der Waals surface area contributed by atoms with E-state index in [4.69, 9.17) is 9.84 Å². The molecule has 0 bridgehead atoms. The maximum absolute atomic E-state index is 11.7. The normalized spacial score (nSPS) is 12.8. The Balaban J connectivity index is 2.79. The maximum Gasteiger partial charge on any atom is 0.408 e. The number of hydrogen-bond acceptors (Lipinski definition) is 4. The van der Waals surface area contributed by atoms with Crippen LogP contribution in [0.15, 0.2) is 12.5 Å². The lowest BCUT2D eigenvalue weighted by molar-refractivity contribution is -0.137. The van der Waals surface area contributed by atoms with E-state index in [2.05, 4.69) is 10.3 Å². The number of aryl methyl sites for hydroxylation is 1. The molecule has 0 aromatic carbocycles. The summed E-state index contributed by atoms with van der Waals surface area (Å²) < 4.78 is 6.93. The summed E-state index contributed by atoms with van der Waals surface area (Å²) in [4.78, 5) is 26.8. The van der Waals surface area contributed by atoms with Crippen molar-refractivity contribution >= 4 is 12.1 Å². The van der Waals surface area contributed by atoms with Crippen molar-refractivity contribution in [2.45, 2.75) is 52.3 Å². The number of amides is 1. The Morgan fingerprint density at radius 2 is 2.15 bits per heavy atom. The molecule has 0 saturated heterocycles. The van der Waals surface area contributed by atoms with E-state index >= 15 is 0 Å². The van der Waals surface area contributed by atoms with E-state index in [-0.39, 0.29) is 6.42 Å². The number of hydrogen-bond donors (Lipinski definition) is 2. The van der Waals surface area contributed by atoms with E-state index < -0.39 is 23.7 Å². The Bertz CT molecular complexity index is 476. The number of carboxylic acid groups (broad SMARTS) is 1. The molecular formula is C13H21N3O4. The lowest BCUT2D eigenvalue weighted by Gasteiger charge is -2.22. The van der Waals surface area contributed by atoms with E-state index in [9.17, 15) is 9.59 Å². The molecule has 0 fully saturated rings. The molecule has 0 aliphatic rings. The minimum absolute atomic E-state index is 0.250. The first-order chi connectivity index (χ1) is 9.21. The highest BCUT2D eigenvalue weighted by molar-refractivity contribution is 5.71. The number of carbonyl (C=O) groups is 2. The van der Waals surface area contributed by atoms with Crippen LogP contribution in [-0.4, -0.2) is 32.3 Å². The van der Waals surface area contributed by atoms with Crippen molar-refractivity contribution in [1.82, 2.24) is 14.9 Å². The monoisotopic (exact) mass is 283 g/mol. The summed E-state index contributed by atoms with van der Waals surface area (Å²) in [7, 11) is 0. The van der Waals surface area contributed by atoms with Gasteiger partial charge in [0.1, 0.15) is 5.60 Å². The molecule has 7 heteroatoms. The van der Waals surface area contributed by atoms with Crippen molar-refractivity contribution < 1.29 is 19.4 Å². The average Bonchev–Trinajstić information content (AvgIpc) is 2.73. The van der Waals surface area contributed by atoms with Crippen molar-refractivity contribution in [3.8, 4) is 0 Å². The van der Waals surface area contributed by atoms with Crippen LogP contribution < -0.4 is 5.32 Å². The first-order valence-corrected chi connectivity index (χ1v) is 6.44. The molecule has 1 atom stereocenters. The number of imidazole rings is 1. The van der Waals surface area contributed by atoms with E-state index in [0.29, 0.717) is 5.69 Å². The van der Waals surface area contributed by atoms with Gasteiger partial charge in [-0.3, -0.25) is 4.79 Å². The molecule has 0 aliphatic carbocycles. The number of aliphatic carboxylic acids is 1. The lowest BCUT2D eigenvalue weighted by atomic mass is 10.1. The standard InChI is InChI=1S/C13H21N3O4/c1-5-16-7-10(14-8-16)9(6-11(17)18)15-12(19)20-13(2,3)4/h7-9H,5-6H2,1-4H3,(H,15,19)(H,17,18)/t9-/m1/s1. The van der Waals surface area contributed by atoms with Gasteiger partial charge in [0.25, 0.3) is 0 Å². The zero-order valence-electron chi connectivity index (χ0n) is 12.2. The maximum atomic E-state index is 11.7. The number of ether oxygens (including phenoxy) is 1. The van der Waals surface area contributed by atoms with Gasteiger partial charge in [-0.1, -0.05) is 0 Å². The lowest BCUT2D eigenvalue weighted by Crippen LogP contribution is -2.36. The topological polar surface area (TPSA) is 93.5 Å². The van der Waals surface area contributed by atoms with Gasteiger partial charge in [0.15, 0.2) is 0 Å². The van der Waals surface area contributed by atoms with Crippen molar-refractivity contribution in [3.63, 3.8) is 0 Å². The van der Waals surface area contributed by atoms with Crippen LogP contribution in [0.1, 0.15) is 45.9 Å². The number of rotatable bonds is 5. The largest absolute Gasteiger partial charge is 0.481 e. The number of carboxylic acids is 1. The third-order valence-corrected chi connectivity index (χ3v) is 2.45. The van der Waals surface area contributed by atoms with Crippen LogP contribution in [0.4, 0.5) is 4.79 Å². The summed E-state index contributed by atoms with van der Waals surface area (Å²) in [5.74, 6) is -1.02. The van der Waals surface area contributed by atoms with E-state index in [1.807, 2.05) is 6.92 Å². The summed E-state index contributed by atoms with van der Waals surface area (Å²) in [5.41, 5.74) is -0.138. The van der Waals surface area contributed by atoms with Gasteiger partial charge in [0.05, 0.1) is 24.5 Å². The minimum Gasteiger partial charge on any atom is -0.481 e. The third kappa shape index (κ3) is 5.29. The number of aromatic nitrogens is 2. The fraction of sp³-hybridized carbons (Fsp3) is 0.615. The number of carbonyl (C=O) groups excluding carboxylic acids is 1. The highest BCUT2D eigenvalue weighted by Crippen LogP contribution is 2.16. The van der Waals surface area contributed by atoms with E-state index in [0.717, 1.165) is 6.54 Å². The SMILES string of the molecule is CCn1cnc([C@@H](CC(=O)O)NC(=O)OC(C)(C)C)c1. The molecule has 2 N–H and O–H groups in total. The molecular weight excluding hydrogens is 262 g/mol. The van der Waals surface area contributed by atoms with Crippen LogP contribution in [0.3, 0.4) is 0 Å². The summed E-state index contributed by atoms with van der Waals surface area (Å²) in [6.45, 7) is 7.89. The first kappa shape index (κ1) is 16.0. The molecule has 0 spiro atoms. The van der Waals surface area contributed by atoms with Crippen LogP contribution in [0.2, 0.25) is 0 Å². The van der Waals surface area contributed by atoms with Gasteiger partial charge in [0.2, 0.25) is 0 Å². The fourth-order valence-corrected chi connectivity index (χ4v) is 1.58. The zero-order chi connectivity index (χ0) is 15.3. The van der Waals surface area contributed by atoms with Crippen LogP contribution in [-0.2, 0) is 16.1 Å². The molecule has 0 radical (unpaired) electrons. The predicted octanol–water partition coefficient (Wildman–Crippen LogP) is 1.94. The van der Waals surface area contributed by atoms with E-state index in [1.54, 1.807) is 37.9 Å². The molecule has 1 amide bonds. The molecule has 1 aromatic rings. The van der Waals surface area contributed by atoms with Crippen molar-refractivity contribution in [2.24, 2.45) is 0 Å². The number of nitrogens with zero attached hydrogens (tertiary/aromatic N) is 2. The van der Waals surface area contributed by atoms with Crippen LogP contribution in [0.25, 0.3) is 0 Å². The Morgan fingerprint density at radius 1 is 1.50 bits per heavy atom. The smallest absolute Gasteiger partial charge is 0.408 e. The third-order valence-electron chi connectivity index (χ3n) is 2.45. The van der Waals surface area contributed by atoms with Crippen LogP contribution in [0.5, 0.6) is 0 Å². The molecule has 0 saturated carbocycles. The van der Waals surface area contributed by atoms with Crippen molar-refractivity contribution in [2.75, 3.05) is 0 Å². The second kappa shape index (κ2) is 6.40. The van der Waals surface area contributed by atoms with Gasteiger partial charge < -0.3 is 19.7 Å². The van der Waals surface area contributed by atoms with Crippen molar-refractivity contribution in [3.05, 3.63) is 18.2 Å². The molecule has 1 aromatic heterocycles. The summed E-state index contributed by atoms with van der Waals surface area (Å²) in [6, 6.07) is -0.713. The van der Waals surface area contributed by atoms with Gasteiger partial charge >= 0.3 is 12.1 Å². The van der Waals surface area contributed by atoms with Gasteiger partial charge in [-0.05, 0) is 27.7 Å². The highest BCUT2D eigenvalue weighted by Gasteiger charge is 2.23. The van der Waals surface area contributed by atoms with Crippen LogP contribution in [0, 0.1) is 0 Å². The van der Waals surface area contributed by atoms with Gasteiger partial charge in [-0.2, -0.15) is 0 Å². The summed E-state index contributed by atoms with van der Waals surface area (Å²) in [5, 5.41) is 11.5. The van der Waals surface area contributed by atoms with Crippen LogP contribution >= 0.6 is 0 Å². The number of nitrogens with one attached hydrogen (secondary N) is 1. The Morgan fingerprint density at radius 3 is 2.60 bits per heavy atom. The summed E-state index contributed by atoms with van der Waals surface area (Å²) >= 11 is 0. The van der Waals surface area contributed by atoms with Gasteiger partial charge in [0, 0.05) is 12.7 Å². The fourth-order valence-electron chi connectivity index (χ4n) is 1.58. The van der Waals surface area contributed by atoms with Crippen molar-refractivity contribution in [1.29, 1.82) is 0 Å². The molecule has 1 heterocycles. The number of alkyl carbamates (subject to hydrolysis) is 1. The Kier molecular flexibility index (Phi) is 5.12. The second-order valence-electron chi connectivity index (χ2n) is 5.43. The zero-order valence-corrected chi connectivity index (χ0v) is 12.2. The molecule has 112 valence electrons. The second-order valence-corrected chi connectivity index (χ2v) is 5.43. The Labute approximate surface area is 118 Å². The molecule has 20 heavy (non-hydrogen) atoms. The predicted molar refractivity (Wildman–Crippen MR) is 72.3 cm³/mol. The molecule has 0 unspecified atom stereocenters. The average molecular weight is 283 g/mol. The minimum atomic E-state index is -1.02. The molecule has 1 rings (SSSR count). The molecule has 0 aliphatic heterocycles. The van der Waals surface area contributed by atoms with Gasteiger partial charge in [-0.25, -0.2) is 9.78 Å². The Hall–Kier alpha value is -2.05.